The standard InChI is InChI=1S/C16H19NOS/c1-13-7-9-15(10-8-13)19-12-16(18,11-17)14-5-3-2-4-6-14/h2-10,18H,11-12,17H2,1H3. The highest BCUT2D eigenvalue weighted by Crippen LogP contribution is 2.29. The first-order valence-corrected chi connectivity index (χ1v) is 7.30. The fourth-order valence-corrected chi connectivity index (χ4v) is 2.86. The highest BCUT2D eigenvalue weighted by Gasteiger charge is 2.27. The maximum Gasteiger partial charge on any atom is 0.111 e. The van der Waals surface area contributed by atoms with Crippen molar-refractivity contribution in [3.63, 3.8) is 0 Å². The smallest absolute Gasteiger partial charge is 0.111 e. The lowest BCUT2D eigenvalue weighted by Crippen LogP contribution is -2.37. The Hall–Kier alpha value is -1.29. The fourth-order valence-electron chi connectivity index (χ4n) is 1.85. The van der Waals surface area contributed by atoms with Crippen molar-refractivity contribution in [2.75, 3.05) is 12.3 Å². The average molecular weight is 273 g/mol. The first-order valence-electron chi connectivity index (χ1n) is 6.31. The molecule has 2 aromatic carbocycles. The van der Waals surface area contributed by atoms with Crippen molar-refractivity contribution in [1.82, 2.24) is 0 Å². The molecule has 2 nitrogen and oxygen atoms in total. The zero-order valence-electron chi connectivity index (χ0n) is 11.0. The first kappa shape index (κ1) is 14.1. The third-order valence-electron chi connectivity index (χ3n) is 3.15. The first-order chi connectivity index (χ1) is 9.14. The molecule has 0 heterocycles. The van der Waals surface area contributed by atoms with Crippen LogP contribution in [0.15, 0.2) is 59.5 Å². The van der Waals surface area contributed by atoms with Crippen LogP contribution >= 0.6 is 11.8 Å². The average Bonchev–Trinajstić information content (AvgIpc) is 2.47. The van der Waals surface area contributed by atoms with Gasteiger partial charge in [0, 0.05) is 17.2 Å². The molecule has 0 aliphatic heterocycles. The number of nitrogens with two attached hydrogens (primary N) is 1. The third-order valence-corrected chi connectivity index (χ3v) is 4.37. The van der Waals surface area contributed by atoms with Gasteiger partial charge in [-0.2, -0.15) is 0 Å². The summed E-state index contributed by atoms with van der Waals surface area (Å²) in [6.45, 7) is 2.28. The van der Waals surface area contributed by atoms with E-state index in [1.165, 1.54) is 5.56 Å². The van der Waals surface area contributed by atoms with Crippen LogP contribution in [-0.4, -0.2) is 17.4 Å². The minimum Gasteiger partial charge on any atom is -0.383 e. The number of thioether (sulfide) groups is 1. The Bertz CT molecular complexity index is 512. The van der Waals surface area contributed by atoms with Gasteiger partial charge in [0.05, 0.1) is 0 Å². The lowest BCUT2D eigenvalue weighted by molar-refractivity contribution is 0.0721. The molecule has 0 fully saturated rings. The second kappa shape index (κ2) is 6.24. The van der Waals surface area contributed by atoms with Gasteiger partial charge in [-0.25, -0.2) is 0 Å². The number of rotatable bonds is 5. The molecular weight excluding hydrogens is 254 g/mol. The Balaban J connectivity index is 2.09. The summed E-state index contributed by atoms with van der Waals surface area (Å²) in [6, 6.07) is 17.9. The van der Waals surface area contributed by atoms with Crippen molar-refractivity contribution in [1.29, 1.82) is 0 Å². The number of benzene rings is 2. The van der Waals surface area contributed by atoms with Gasteiger partial charge in [0.15, 0.2) is 0 Å². The number of aliphatic hydroxyl groups is 1. The molecular formula is C16H19NOS. The van der Waals surface area contributed by atoms with Crippen LogP contribution in [0, 0.1) is 6.92 Å². The van der Waals surface area contributed by atoms with E-state index in [4.69, 9.17) is 5.73 Å². The molecule has 2 aromatic rings. The quantitative estimate of drug-likeness (QED) is 0.823. The van der Waals surface area contributed by atoms with Gasteiger partial charge in [-0.05, 0) is 24.6 Å². The van der Waals surface area contributed by atoms with E-state index in [0.717, 1.165) is 10.5 Å². The zero-order valence-corrected chi connectivity index (χ0v) is 11.9. The fraction of sp³-hybridized carbons (Fsp3) is 0.250. The summed E-state index contributed by atoms with van der Waals surface area (Å²) < 4.78 is 0. The van der Waals surface area contributed by atoms with Gasteiger partial charge in [0.1, 0.15) is 5.60 Å². The van der Waals surface area contributed by atoms with E-state index in [2.05, 4.69) is 31.2 Å². The third kappa shape index (κ3) is 3.60. The van der Waals surface area contributed by atoms with E-state index in [1.54, 1.807) is 11.8 Å². The van der Waals surface area contributed by atoms with Crippen molar-refractivity contribution in [2.24, 2.45) is 5.73 Å². The lowest BCUT2D eigenvalue weighted by atomic mass is 9.96. The van der Waals surface area contributed by atoms with Gasteiger partial charge < -0.3 is 10.8 Å². The van der Waals surface area contributed by atoms with Crippen LogP contribution in [0.2, 0.25) is 0 Å². The lowest BCUT2D eigenvalue weighted by Gasteiger charge is -2.26. The molecule has 0 aromatic heterocycles. The molecule has 2 rings (SSSR count). The predicted molar refractivity (Wildman–Crippen MR) is 81.3 cm³/mol. The molecule has 0 spiro atoms. The van der Waals surface area contributed by atoms with E-state index in [-0.39, 0.29) is 6.54 Å². The summed E-state index contributed by atoms with van der Waals surface area (Å²) in [5.41, 5.74) is 6.90. The van der Waals surface area contributed by atoms with Crippen LogP contribution in [0.1, 0.15) is 11.1 Å². The normalized spacial score (nSPS) is 14.1. The number of aryl methyl sites for hydroxylation is 1. The highest BCUT2D eigenvalue weighted by molar-refractivity contribution is 7.99. The van der Waals surface area contributed by atoms with E-state index >= 15 is 0 Å². The van der Waals surface area contributed by atoms with Crippen molar-refractivity contribution in [3.05, 3.63) is 65.7 Å². The topological polar surface area (TPSA) is 46.2 Å². The van der Waals surface area contributed by atoms with Crippen LogP contribution in [0.4, 0.5) is 0 Å². The second-order valence-electron chi connectivity index (χ2n) is 4.70. The summed E-state index contributed by atoms with van der Waals surface area (Å²) in [5, 5.41) is 10.7. The Kier molecular flexibility index (Phi) is 4.64. The van der Waals surface area contributed by atoms with Crippen molar-refractivity contribution in [3.8, 4) is 0 Å². The van der Waals surface area contributed by atoms with Crippen molar-refractivity contribution < 1.29 is 5.11 Å². The maximum atomic E-state index is 10.7. The summed E-state index contributed by atoms with van der Waals surface area (Å²) in [4.78, 5) is 1.15. The zero-order chi connectivity index (χ0) is 13.7. The minimum absolute atomic E-state index is 0.218. The SMILES string of the molecule is Cc1ccc(SCC(O)(CN)c2ccccc2)cc1. The predicted octanol–water partition coefficient (Wildman–Crippen LogP) is 2.93. The largest absolute Gasteiger partial charge is 0.383 e. The molecule has 0 radical (unpaired) electrons. The molecule has 0 saturated heterocycles. The van der Waals surface area contributed by atoms with Gasteiger partial charge in [-0.1, -0.05) is 48.0 Å². The summed E-state index contributed by atoms with van der Waals surface area (Å²) in [7, 11) is 0. The monoisotopic (exact) mass is 273 g/mol. The van der Waals surface area contributed by atoms with Gasteiger partial charge >= 0.3 is 0 Å². The molecule has 0 aliphatic rings. The molecule has 0 amide bonds. The molecule has 19 heavy (non-hydrogen) atoms. The minimum atomic E-state index is -0.975. The Labute approximate surface area is 118 Å². The van der Waals surface area contributed by atoms with Gasteiger partial charge in [0.2, 0.25) is 0 Å². The van der Waals surface area contributed by atoms with Crippen LogP contribution in [0.5, 0.6) is 0 Å². The van der Waals surface area contributed by atoms with Crippen LogP contribution < -0.4 is 5.73 Å². The number of hydrogen-bond acceptors (Lipinski definition) is 3. The summed E-state index contributed by atoms with van der Waals surface area (Å²) in [5.74, 6) is 0.552. The van der Waals surface area contributed by atoms with E-state index in [1.807, 2.05) is 30.3 Å². The Morgan fingerprint density at radius 2 is 1.68 bits per heavy atom. The van der Waals surface area contributed by atoms with Gasteiger partial charge in [0.25, 0.3) is 0 Å². The van der Waals surface area contributed by atoms with Gasteiger partial charge in [-0.15, -0.1) is 11.8 Å². The van der Waals surface area contributed by atoms with Crippen LogP contribution in [0.25, 0.3) is 0 Å². The van der Waals surface area contributed by atoms with E-state index < -0.39 is 5.60 Å². The van der Waals surface area contributed by atoms with Crippen molar-refractivity contribution in [2.45, 2.75) is 17.4 Å². The molecule has 1 atom stereocenters. The number of hydrogen-bond donors (Lipinski definition) is 2. The van der Waals surface area contributed by atoms with Crippen LogP contribution in [0.3, 0.4) is 0 Å². The molecule has 3 N–H and O–H groups in total. The van der Waals surface area contributed by atoms with Gasteiger partial charge in [-0.3, -0.25) is 0 Å². The summed E-state index contributed by atoms with van der Waals surface area (Å²) in [6.07, 6.45) is 0. The molecule has 0 bridgehead atoms. The highest BCUT2D eigenvalue weighted by atomic mass is 32.2. The van der Waals surface area contributed by atoms with E-state index in [9.17, 15) is 5.11 Å². The molecule has 3 heteroatoms. The summed E-state index contributed by atoms with van der Waals surface area (Å²) >= 11 is 1.63. The Morgan fingerprint density at radius 1 is 1.05 bits per heavy atom. The van der Waals surface area contributed by atoms with Crippen LogP contribution in [-0.2, 0) is 5.60 Å². The maximum absolute atomic E-state index is 10.7. The van der Waals surface area contributed by atoms with Crippen molar-refractivity contribution >= 4 is 11.8 Å². The van der Waals surface area contributed by atoms with E-state index in [0.29, 0.717) is 5.75 Å². The molecule has 0 aliphatic carbocycles. The Morgan fingerprint density at radius 3 is 2.26 bits per heavy atom. The molecule has 100 valence electrons. The molecule has 1 unspecified atom stereocenters. The molecule has 0 saturated carbocycles. The second-order valence-corrected chi connectivity index (χ2v) is 5.75.